The number of esters is 1. The lowest BCUT2D eigenvalue weighted by atomic mass is 10.2. The van der Waals surface area contributed by atoms with Gasteiger partial charge in [0.1, 0.15) is 29.4 Å². The number of hydrogen-bond donors (Lipinski definition) is 0. The Labute approximate surface area is 166 Å². The van der Waals surface area contributed by atoms with Crippen molar-refractivity contribution in [2.75, 3.05) is 14.2 Å². The van der Waals surface area contributed by atoms with Gasteiger partial charge in [-0.2, -0.15) is 0 Å². The number of amides is 1. The highest BCUT2D eigenvalue weighted by molar-refractivity contribution is 7.07. The number of ether oxygens (including phenoxy) is 2. The average molecular weight is 400 g/mol. The van der Waals surface area contributed by atoms with Gasteiger partial charge in [-0.05, 0) is 31.2 Å². The maximum absolute atomic E-state index is 12.7. The van der Waals surface area contributed by atoms with Crippen molar-refractivity contribution in [2.45, 2.75) is 20.1 Å². The summed E-state index contributed by atoms with van der Waals surface area (Å²) in [6, 6.07) is 8.57. The zero-order chi connectivity index (χ0) is 20.1. The number of carbonyl (C=O) groups is 2. The Morgan fingerprint density at radius 2 is 2.11 bits per heavy atom. The molecule has 0 atom stereocenters. The lowest BCUT2D eigenvalue weighted by molar-refractivity contribution is 0.0598. The molecular weight excluding hydrogens is 380 g/mol. The van der Waals surface area contributed by atoms with Crippen LogP contribution in [0.15, 0.2) is 45.6 Å². The maximum atomic E-state index is 12.7. The van der Waals surface area contributed by atoms with E-state index in [1.165, 1.54) is 23.3 Å². The Hall–Kier alpha value is -3.13. The maximum Gasteiger partial charge on any atom is 0.341 e. The van der Waals surface area contributed by atoms with Crippen molar-refractivity contribution in [3.05, 3.63) is 69.6 Å². The second kappa shape index (κ2) is 8.71. The van der Waals surface area contributed by atoms with E-state index in [0.29, 0.717) is 35.0 Å². The van der Waals surface area contributed by atoms with Crippen LogP contribution in [0.1, 0.15) is 37.9 Å². The van der Waals surface area contributed by atoms with Crippen molar-refractivity contribution in [1.29, 1.82) is 0 Å². The summed E-state index contributed by atoms with van der Waals surface area (Å²) in [6.45, 7) is 2.25. The average Bonchev–Trinajstić information content (AvgIpc) is 3.35. The van der Waals surface area contributed by atoms with Gasteiger partial charge in [-0.25, -0.2) is 9.78 Å². The first kappa shape index (κ1) is 19.6. The highest BCUT2D eigenvalue weighted by Crippen LogP contribution is 2.20. The molecule has 0 radical (unpaired) electrons. The largest absolute Gasteiger partial charge is 0.487 e. The van der Waals surface area contributed by atoms with E-state index in [1.807, 2.05) is 5.38 Å². The second-order valence-corrected chi connectivity index (χ2v) is 6.85. The molecule has 0 N–H and O–H groups in total. The molecule has 7 nitrogen and oxygen atoms in total. The summed E-state index contributed by atoms with van der Waals surface area (Å²) in [7, 11) is 2.98. The zero-order valence-electron chi connectivity index (χ0n) is 15.8. The van der Waals surface area contributed by atoms with Crippen molar-refractivity contribution in [3.63, 3.8) is 0 Å². The first-order chi connectivity index (χ1) is 13.5. The van der Waals surface area contributed by atoms with Crippen LogP contribution in [-0.2, 0) is 17.9 Å². The second-order valence-electron chi connectivity index (χ2n) is 6.13. The van der Waals surface area contributed by atoms with Crippen LogP contribution < -0.4 is 4.74 Å². The molecule has 2 aromatic heterocycles. The molecule has 0 aliphatic rings. The zero-order valence-corrected chi connectivity index (χ0v) is 16.6. The van der Waals surface area contributed by atoms with E-state index in [-0.39, 0.29) is 12.5 Å². The molecule has 8 heteroatoms. The van der Waals surface area contributed by atoms with Gasteiger partial charge in [0.15, 0.2) is 0 Å². The van der Waals surface area contributed by atoms with E-state index in [4.69, 9.17) is 13.9 Å². The van der Waals surface area contributed by atoms with Crippen LogP contribution in [-0.4, -0.2) is 35.9 Å². The van der Waals surface area contributed by atoms with Crippen LogP contribution >= 0.6 is 11.3 Å². The number of furan rings is 1. The third-order valence-corrected chi connectivity index (χ3v) is 4.70. The van der Waals surface area contributed by atoms with Crippen molar-refractivity contribution in [3.8, 4) is 5.75 Å². The fraction of sp³-hybridized carbons (Fsp3) is 0.250. The van der Waals surface area contributed by atoms with E-state index in [9.17, 15) is 9.59 Å². The number of rotatable bonds is 7. The smallest absolute Gasteiger partial charge is 0.341 e. The molecule has 1 aromatic carbocycles. The number of methoxy groups -OCH3 is 1. The lowest BCUT2D eigenvalue weighted by Gasteiger charge is -2.16. The number of thiazole rings is 1. The molecule has 0 spiro atoms. The van der Waals surface area contributed by atoms with Gasteiger partial charge in [0.2, 0.25) is 0 Å². The van der Waals surface area contributed by atoms with Crippen LogP contribution in [0.4, 0.5) is 0 Å². The Kier molecular flexibility index (Phi) is 6.10. The van der Waals surface area contributed by atoms with Gasteiger partial charge in [-0.3, -0.25) is 4.79 Å². The predicted octanol–water partition coefficient (Wildman–Crippen LogP) is 3.68. The number of carbonyl (C=O) groups excluding carboxylic acids is 2. The molecule has 0 saturated carbocycles. The Morgan fingerprint density at radius 3 is 2.82 bits per heavy atom. The SMILES string of the molecule is COC(=O)c1cc(CN(C)C(=O)c2cccc(OCc3cscn3)c2)oc1C. The van der Waals surface area contributed by atoms with Crippen LogP contribution in [0, 0.1) is 6.92 Å². The monoisotopic (exact) mass is 400 g/mol. The molecule has 0 bridgehead atoms. The Balaban J connectivity index is 1.66. The van der Waals surface area contributed by atoms with Crippen LogP contribution in [0.5, 0.6) is 5.75 Å². The van der Waals surface area contributed by atoms with E-state index in [2.05, 4.69) is 4.98 Å². The summed E-state index contributed by atoms with van der Waals surface area (Å²) in [6.07, 6.45) is 0. The van der Waals surface area contributed by atoms with Crippen LogP contribution in [0.25, 0.3) is 0 Å². The van der Waals surface area contributed by atoms with Crippen LogP contribution in [0.2, 0.25) is 0 Å². The van der Waals surface area contributed by atoms with Gasteiger partial charge in [-0.1, -0.05) is 6.07 Å². The fourth-order valence-corrected chi connectivity index (χ4v) is 3.19. The summed E-state index contributed by atoms with van der Waals surface area (Å²) in [4.78, 5) is 30.1. The molecule has 0 aliphatic heterocycles. The van der Waals surface area contributed by atoms with E-state index < -0.39 is 5.97 Å². The standard InChI is InChI=1S/C20H20N2O5S/c1-13-18(20(24)25-3)8-17(27-13)9-22(2)19(23)14-5-4-6-16(7-14)26-10-15-11-28-12-21-15/h4-8,11-12H,9-10H2,1-3H3. The quantitative estimate of drug-likeness (QED) is 0.563. The van der Waals surface area contributed by atoms with Gasteiger partial charge in [0.05, 0.1) is 24.9 Å². The summed E-state index contributed by atoms with van der Waals surface area (Å²) in [5.74, 6) is 0.901. The van der Waals surface area contributed by atoms with Crippen molar-refractivity contribution in [2.24, 2.45) is 0 Å². The summed E-state index contributed by atoms with van der Waals surface area (Å²) in [5, 5.41) is 1.91. The molecule has 0 saturated heterocycles. The predicted molar refractivity (Wildman–Crippen MR) is 103 cm³/mol. The minimum Gasteiger partial charge on any atom is -0.487 e. The third kappa shape index (κ3) is 4.58. The van der Waals surface area contributed by atoms with Gasteiger partial charge >= 0.3 is 5.97 Å². The van der Waals surface area contributed by atoms with Crippen molar-refractivity contribution >= 4 is 23.2 Å². The first-order valence-corrected chi connectivity index (χ1v) is 9.45. The summed E-state index contributed by atoms with van der Waals surface area (Å²) >= 11 is 1.50. The molecule has 28 heavy (non-hydrogen) atoms. The van der Waals surface area contributed by atoms with Crippen molar-refractivity contribution in [1.82, 2.24) is 9.88 Å². The highest BCUT2D eigenvalue weighted by Gasteiger charge is 2.19. The fourth-order valence-electron chi connectivity index (χ4n) is 2.65. The van der Waals surface area contributed by atoms with Gasteiger partial charge in [0.25, 0.3) is 5.91 Å². The highest BCUT2D eigenvalue weighted by atomic mass is 32.1. The molecule has 146 valence electrons. The molecule has 0 aliphatic carbocycles. The number of hydrogen-bond acceptors (Lipinski definition) is 7. The van der Waals surface area contributed by atoms with Crippen LogP contribution in [0.3, 0.4) is 0 Å². The summed E-state index contributed by atoms with van der Waals surface area (Å²) in [5.41, 5.74) is 3.44. The minimum absolute atomic E-state index is 0.187. The molecule has 1 amide bonds. The van der Waals surface area contributed by atoms with E-state index >= 15 is 0 Å². The first-order valence-electron chi connectivity index (χ1n) is 8.51. The third-order valence-electron chi connectivity index (χ3n) is 4.06. The lowest BCUT2D eigenvalue weighted by Crippen LogP contribution is -2.26. The summed E-state index contributed by atoms with van der Waals surface area (Å²) < 4.78 is 16.0. The Bertz CT molecular complexity index is 965. The number of aryl methyl sites for hydroxylation is 1. The Morgan fingerprint density at radius 1 is 1.29 bits per heavy atom. The normalized spacial score (nSPS) is 10.5. The minimum atomic E-state index is -0.466. The van der Waals surface area contributed by atoms with Gasteiger partial charge in [-0.15, -0.1) is 11.3 Å². The van der Waals surface area contributed by atoms with E-state index in [0.717, 1.165) is 5.69 Å². The number of benzene rings is 1. The molecule has 3 aromatic rings. The topological polar surface area (TPSA) is 81.9 Å². The molecule has 2 heterocycles. The van der Waals surface area contributed by atoms with E-state index in [1.54, 1.807) is 49.8 Å². The molecule has 3 rings (SSSR count). The van der Waals surface area contributed by atoms with Gasteiger partial charge in [0, 0.05) is 18.0 Å². The van der Waals surface area contributed by atoms with Gasteiger partial charge < -0.3 is 18.8 Å². The number of aromatic nitrogens is 1. The number of nitrogens with zero attached hydrogens (tertiary/aromatic N) is 2. The van der Waals surface area contributed by atoms with Crippen molar-refractivity contribution < 1.29 is 23.5 Å². The molecule has 0 unspecified atom stereocenters. The molecule has 0 fully saturated rings. The molecular formula is C20H20N2O5S.